The molecule has 0 aliphatic rings. The van der Waals surface area contributed by atoms with E-state index in [0.29, 0.717) is 24.0 Å². The van der Waals surface area contributed by atoms with Gasteiger partial charge in [0, 0.05) is 34.4 Å². The van der Waals surface area contributed by atoms with Crippen LogP contribution in [0.15, 0.2) is 41.0 Å². The molecule has 112 valence electrons. The Morgan fingerprint density at radius 2 is 2.05 bits per heavy atom. The molecule has 0 aliphatic heterocycles. The zero-order chi connectivity index (χ0) is 15.2. The van der Waals surface area contributed by atoms with Crippen molar-refractivity contribution in [2.45, 2.75) is 33.0 Å². The van der Waals surface area contributed by atoms with Crippen LogP contribution in [0.3, 0.4) is 0 Å². The Labute approximate surface area is 132 Å². The number of pyridine rings is 1. The molecule has 1 aromatic carbocycles. The molecule has 0 fully saturated rings. The maximum absolute atomic E-state index is 13.6. The van der Waals surface area contributed by atoms with Crippen LogP contribution in [0.4, 0.5) is 4.39 Å². The first-order valence-electron chi connectivity index (χ1n) is 6.80. The summed E-state index contributed by atoms with van der Waals surface area (Å²) >= 11 is 3.41. The minimum Gasteiger partial charge on any atom is -0.472 e. The van der Waals surface area contributed by atoms with Crippen molar-refractivity contribution >= 4 is 15.9 Å². The second kappa shape index (κ2) is 7.52. The maximum atomic E-state index is 13.6. The second-order valence-electron chi connectivity index (χ2n) is 5.03. The zero-order valence-electron chi connectivity index (χ0n) is 12.1. The molecule has 0 spiro atoms. The van der Waals surface area contributed by atoms with Gasteiger partial charge in [-0.15, -0.1) is 0 Å². The van der Waals surface area contributed by atoms with E-state index in [-0.39, 0.29) is 12.4 Å². The number of hydrogen-bond donors (Lipinski definition) is 1. The Kier molecular flexibility index (Phi) is 5.70. The number of benzene rings is 1. The molecule has 0 radical (unpaired) electrons. The summed E-state index contributed by atoms with van der Waals surface area (Å²) in [6, 6.07) is 8.91. The zero-order valence-corrected chi connectivity index (χ0v) is 13.7. The first-order chi connectivity index (χ1) is 10.1. The third-order valence-electron chi connectivity index (χ3n) is 2.91. The lowest BCUT2D eigenvalue weighted by molar-refractivity contribution is 0.283. The van der Waals surface area contributed by atoms with Gasteiger partial charge in [-0.05, 0) is 28.1 Å². The summed E-state index contributed by atoms with van der Waals surface area (Å²) < 4.78 is 20.2. The topological polar surface area (TPSA) is 34.2 Å². The molecule has 0 amide bonds. The molecule has 0 saturated carbocycles. The molecule has 1 aromatic heterocycles. The van der Waals surface area contributed by atoms with Crippen LogP contribution < -0.4 is 10.1 Å². The lowest BCUT2D eigenvalue weighted by Crippen LogP contribution is -2.22. The fourth-order valence-corrected chi connectivity index (χ4v) is 2.18. The Morgan fingerprint density at radius 3 is 2.76 bits per heavy atom. The van der Waals surface area contributed by atoms with Crippen molar-refractivity contribution in [2.24, 2.45) is 0 Å². The molecule has 0 atom stereocenters. The van der Waals surface area contributed by atoms with Crippen molar-refractivity contribution < 1.29 is 9.13 Å². The molecule has 0 aliphatic carbocycles. The highest BCUT2D eigenvalue weighted by Crippen LogP contribution is 2.21. The molecule has 1 heterocycles. The standard InChI is InChI=1S/C16H18BrFN2O/c1-11(2)19-8-13-7-14(17)9-20-16(13)21-10-12-5-3-4-6-15(12)18/h3-7,9,11,19H,8,10H2,1-2H3. The molecule has 1 N–H and O–H groups in total. The molecule has 0 unspecified atom stereocenters. The van der Waals surface area contributed by atoms with Crippen LogP contribution in [0.1, 0.15) is 25.0 Å². The van der Waals surface area contributed by atoms with E-state index in [4.69, 9.17) is 4.74 Å². The van der Waals surface area contributed by atoms with Crippen molar-refractivity contribution in [2.75, 3.05) is 0 Å². The van der Waals surface area contributed by atoms with Crippen molar-refractivity contribution in [3.63, 3.8) is 0 Å². The van der Waals surface area contributed by atoms with E-state index in [1.165, 1.54) is 6.07 Å². The monoisotopic (exact) mass is 352 g/mol. The minimum atomic E-state index is -0.267. The van der Waals surface area contributed by atoms with Gasteiger partial charge in [0.15, 0.2) is 0 Å². The van der Waals surface area contributed by atoms with Gasteiger partial charge in [0.2, 0.25) is 5.88 Å². The van der Waals surface area contributed by atoms with Crippen LogP contribution >= 0.6 is 15.9 Å². The Hall–Kier alpha value is -1.46. The number of nitrogens with zero attached hydrogens (tertiary/aromatic N) is 1. The quantitative estimate of drug-likeness (QED) is 0.851. The van der Waals surface area contributed by atoms with Gasteiger partial charge in [0.05, 0.1) is 0 Å². The van der Waals surface area contributed by atoms with Crippen LogP contribution in [0, 0.1) is 5.82 Å². The fraction of sp³-hybridized carbons (Fsp3) is 0.312. The fourth-order valence-electron chi connectivity index (χ4n) is 1.80. The third kappa shape index (κ3) is 4.79. The van der Waals surface area contributed by atoms with Gasteiger partial charge in [-0.2, -0.15) is 0 Å². The van der Waals surface area contributed by atoms with E-state index in [9.17, 15) is 4.39 Å². The highest BCUT2D eigenvalue weighted by atomic mass is 79.9. The van der Waals surface area contributed by atoms with Gasteiger partial charge in [-0.25, -0.2) is 9.37 Å². The number of halogens is 2. The maximum Gasteiger partial charge on any atom is 0.218 e. The molecular weight excluding hydrogens is 335 g/mol. The molecule has 21 heavy (non-hydrogen) atoms. The van der Waals surface area contributed by atoms with Crippen LogP contribution in [0.2, 0.25) is 0 Å². The average Bonchev–Trinajstić information content (AvgIpc) is 2.45. The molecule has 0 bridgehead atoms. The number of aromatic nitrogens is 1. The van der Waals surface area contributed by atoms with Gasteiger partial charge in [0.25, 0.3) is 0 Å². The van der Waals surface area contributed by atoms with E-state index < -0.39 is 0 Å². The van der Waals surface area contributed by atoms with Gasteiger partial charge in [0.1, 0.15) is 12.4 Å². The first kappa shape index (κ1) is 15.9. The summed E-state index contributed by atoms with van der Waals surface area (Å²) in [6.07, 6.45) is 1.68. The first-order valence-corrected chi connectivity index (χ1v) is 7.59. The number of rotatable bonds is 6. The number of hydrogen-bond acceptors (Lipinski definition) is 3. The van der Waals surface area contributed by atoms with E-state index >= 15 is 0 Å². The van der Waals surface area contributed by atoms with E-state index in [0.717, 1.165) is 10.0 Å². The van der Waals surface area contributed by atoms with E-state index in [2.05, 4.69) is 40.1 Å². The Balaban J connectivity index is 2.10. The van der Waals surface area contributed by atoms with Crippen molar-refractivity contribution in [3.05, 3.63) is 57.9 Å². The van der Waals surface area contributed by atoms with Crippen LogP contribution in [0.5, 0.6) is 5.88 Å². The minimum absolute atomic E-state index is 0.163. The predicted octanol–water partition coefficient (Wildman–Crippen LogP) is 4.06. The van der Waals surface area contributed by atoms with Crippen LogP contribution in [0.25, 0.3) is 0 Å². The van der Waals surface area contributed by atoms with Gasteiger partial charge < -0.3 is 10.1 Å². The van der Waals surface area contributed by atoms with Crippen LogP contribution in [-0.2, 0) is 13.2 Å². The largest absolute Gasteiger partial charge is 0.472 e. The average molecular weight is 353 g/mol. The summed E-state index contributed by atoms with van der Waals surface area (Å²) in [4.78, 5) is 4.27. The molecular formula is C16H18BrFN2O. The highest BCUT2D eigenvalue weighted by Gasteiger charge is 2.09. The van der Waals surface area contributed by atoms with Gasteiger partial charge >= 0.3 is 0 Å². The predicted molar refractivity (Wildman–Crippen MR) is 84.6 cm³/mol. The van der Waals surface area contributed by atoms with Crippen molar-refractivity contribution in [1.82, 2.24) is 10.3 Å². The SMILES string of the molecule is CC(C)NCc1cc(Br)cnc1OCc1ccccc1F. The van der Waals surface area contributed by atoms with Crippen molar-refractivity contribution in [3.8, 4) is 5.88 Å². The van der Waals surface area contributed by atoms with Crippen LogP contribution in [-0.4, -0.2) is 11.0 Å². The molecule has 2 aromatic rings. The molecule has 0 saturated heterocycles. The normalized spacial score (nSPS) is 10.9. The number of ether oxygens (including phenoxy) is 1. The Bertz CT molecular complexity index is 605. The van der Waals surface area contributed by atoms with Gasteiger partial charge in [-0.3, -0.25) is 0 Å². The summed E-state index contributed by atoms with van der Waals surface area (Å²) in [6.45, 7) is 4.96. The smallest absolute Gasteiger partial charge is 0.218 e. The van der Waals surface area contributed by atoms with E-state index in [1.807, 2.05) is 6.07 Å². The Morgan fingerprint density at radius 1 is 1.29 bits per heavy atom. The highest BCUT2D eigenvalue weighted by molar-refractivity contribution is 9.10. The molecule has 3 nitrogen and oxygen atoms in total. The molecule has 5 heteroatoms. The van der Waals surface area contributed by atoms with E-state index in [1.54, 1.807) is 24.4 Å². The summed E-state index contributed by atoms with van der Waals surface area (Å²) in [7, 11) is 0. The molecule has 2 rings (SSSR count). The second-order valence-corrected chi connectivity index (χ2v) is 5.95. The third-order valence-corrected chi connectivity index (χ3v) is 3.35. The lowest BCUT2D eigenvalue weighted by atomic mass is 10.2. The summed E-state index contributed by atoms with van der Waals surface area (Å²) in [5.41, 5.74) is 1.46. The van der Waals surface area contributed by atoms with Gasteiger partial charge in [-0.1, -0.05) is 32.0 Å². The van der Waals surface area contributed by atoms with Crippen molar-refractivity contribution in [1.29, 1.82) is 0 Å². The number of nitrogens with one attached hydrogen (secondary N) is 1. The lowest BCUT2D eigenvalue weighted by Gasteiger charge is -2.13. The summed E-state index contributed by atoms with van der Waals surface area (Å²) in [5.74, 6) is 0.256. The summed E-state index contributed by atoms with van der Waals surface area (Å²) in [5, 5.41) is 3.32.